The molecule has 0 radical (unpaired) electrons. The summed E-state index contributed by atoms with van der Waals surface area (Å²) in [6, 6.07) is 12.7. The molecule has 3 rings (SSSR count). The molecule has 0 saturated heterocycles. The highest BCUT2D eigenvalue weighted by Gasteiger charge is 2.10. The van der Waals surface area contributed by atoms with E-state index in [4.69, 9.17) is 4.42 Å². The molecule has 0 aliphatic rings. The SMILES string of the molecule is COC(=O)c1ccc(Cn2cc(-c3ccccc3)oc2=O)nc1. The molecule has 0 spiro atoms. The average molecular weight is 310 g/mol. The van der Waals surface area contributed by atoms with Crippen molar-refractivity contribution in [3.8, 4) is 11.3 Å². The average Bonchev–Trinajstić information content (AvgIpc) is 2.96. The summed E-state index contributed by atoms with van der Waals surface area (Å²) in [5.74, 6) is -0.402. The molecule has 1 aromatic carbocycles. The molecule has 0 amide bonds. The van der Waals surface area contributed by atoms with E-state index in [0.717, 1.165) is 5.56 Å². The van der Waals surface area contributed by atoms with Crippen molar-refractivity contribution >= 4 is 5.97 Å². The molecule has 2 heterocycles. The van der Waals surface area contributed by atoms with E-state index < -0.39 is 11.7 Å². The number of methoxy groups -OCH3 is 1. The van der Waals surface area contributed by atoms with Crippen LogP contribution in [0.2, 0.25) is 0 Å². The summed E-state index contributed by atoms with van der Waals surface area (Å²) >= 11 is 0. The first-order valence-electron chi connectivity index (χ1n) is 6.96. The van der Waals surface area contributed by atoms with Crippen LogP contribution in [-0.4, -0.2) is 22.6 Å². The number of aromatic nitrogens is 2. The van der Waals surface area contributed by atoms with Gasteiger partial charge in [-0.05, 0) is 12.1 Å². The topological polar surface area (TPSA) is 74.3 Å². The molecular weight excluding hydrogens is 296 g/mol. The summed E-state index contributed by atoms with van der Waals surface area (Å²) in [7, 11) is 1.31. The number of hydrogen-bond donors (Lipinski definition) is 0. The third-order valence-corrected chi connectivity index (χ3v) is 3.34. The summed E-state index contributed by atoms with van der Waals surface area (Å²) in [4.78, 5) is 27.5. The van der Waals surface area contributed by atoms with E-state index in [1.54, 1.807) is 18.3 Å². The Morgan fingerprint density at radius 3 is 2.65 bits per heavy atom. The van der Waals surface area contributed by atoms with Crippen LogP contribution >= 0.6 is 0 Å². The van der Waals surface area contributed by atoms with Crippen molar-refractivity contribution in [2.75, 3.05) is 7.11 Å². The number of ether oxygens (including phenoxy) is 1. The van der Waals surface area contributed by atoms with E-state index in [9.17, 15) is 9.59 Å². The third kappa shape index (κ3) is 3.21. The van der Waals surface area contributed by atoms with Gasteiger partial charge >= 0.3 is 11.7 Å². The molecule has 2 aromatic heterocycles. The molecule has 0 N–H and O–H groups in total. The Labute approximate surface area is 132 Å². The van der Waals surface area contributed by atoms with Gasteiger partial charge in [0, 0.05) is 11.8 Å². The van der Waals surface area contributed by atoms with Crippen molar-refractivity contribution in [1.29, 1.82) is 0 Å². The predicted octanol–water partition coefficient (Wildman–Crippen LogP) is 2.34. The minimum atomic E-state index is -0.456. The molecule has 23 heavy (non-hydrogen) atoms. The fourth-order valence-electron chi connectivity index (χ4n) is 2.15. The molecule has 0 bridgehead atoms. The number of oxazole rings is 1. The Morgan fingerprint density at radius 2 is 2.00 bits per heavy atom. The third-order valence-electron chi connectivity index (χ3n) is 3.34. The molecule has 6 nitrogen and oxygen atoms in total. The molecule has 3 aromatic rings. The van der Waals surface area contributed by atoms with Crippen LogP contribution in [0.3, 0.4) is 0 Å². The van der Waals surface area contributed by atoms with Crippen LogP contribution in [-0.2, 0) is 11.3 Å². The quantitative estimate of drug-likeness (QED) is 0.691. The largest absolute Gasteiger partial charge is 0.465 e. The fraction of sp³-hybridized carbons (Fsp3) is 0.118. The first-order chi connectivity index (χ1) is 11.2. The van der Waals surface area contributed by atoms with E-state index in [-0.39, 0.29) is 6.54 Å². The lowest BCUT2D eigenvalue weighted by Crippen LogP contribution is -2.15. The molecule has 0 saturated carbocycles. The molecule has 116 valence electrons. The first kappa shape index (κ1) is 14.8. The molecular formula is C17H14N2O4. The zero-order chi connectivity index (χ0) is 16.2. The number of nitrogens with zero attached hydrogens (tertiary/aromatic N) is 2. The maximum Gasteiger partial charge on any atom is 0.419 e. The monoisotopic (exact) mass is 310 g/mol. The van der Waals surface area contributed by atoms with Gasteiger partial charge in [0.05, 0.1) is 31.1 Å². The minimum absolute atomic E-state index is 0.261. The van der Waals surface area contributed by atoms with Crippen LogP contribution in [0.25, 0.3) is 11.3 Å². The standard InChI is InChI=1S/C17H14N2O4/c1-22-16(20)13-7-8-14(18-9-13)10-19-11-15(23-17(19)21)12-5-3-2-4-6-12/h2-9,11H,10H2,1H3. The molecule has 0 unspecified atom stereocenters. The van der Waals surface area contributed by atoms with Crippen LogP contribution in [0, 0.1) is 0 Å². The normalized spacial score (nSPS) is 10.5. The molecule has 0 aliphatic heterocycles. The van der Waals surface area contributed by atoms with Crippen LogP contribution in [0.4, 0.5) is 0 Å². The summed E-state index contributed by atoms with van der Waals surface area (Å²) in [6.45, 7) is 0.261. The van der Waals surface area contributed by atoms with Gasteiger partial charge in [-0.2, -0.15) is 0 Å². The van der Waals surface area contributed by atoms with Crippen LogP contribution in [0.15, 0.2) is 64.1 Å². The Kier molecular flexibility index (Phi) is 4.05. The summed E-state index contributed by atoms with van der Waals surface area (Å²) in [6.07, 6.45) is 3.07. The van der Waals surface area contributed by atoms with Crippen molar-refractivity contribution < 1.29 is 13.9 Å². The maximum atomic E-state index is 11.9. The van der Waals surface area contributed by atoms with Crippen LogP contribution in [0.5, 0.6) is 0 Å². The highest BCUT2D eigenvalue weighted by molar-refractivity contribution is 5.88. The zero-order valence-corrected chi connectivity index (χ0v) is 12.4. The number of carbonyl (C=O) groups excluding carboxylic acids is 1. The van der Waals surface area contributed by atoms with Gasteiger partial charge in [0.15, 0.2) is 5.76 Å². The second-order valence-corrected chi connectivity index (χ2v) is 4.89. The maximum absolute atomic E-state index is 11.9. The Morgan fingerprint density at radius 1 is 1.22 bits per heavy atom. The van der Waals surface area contributed by atoms with Gasteiger partial charge in [0.2, 0.25) is 0 Å². The van der Waals surface area contributed by atoms with Gasteiger partial charge < -0.3 is 9.15 Å². The first-order valence-corrected chi connectivity index (χ1v) is 6.96. The lowest BCUT2D eigenvalue weighted by molar-refractivity contribution is 0.0600. The van der Waals surface area contributed by atoms with E-state index in [2.05, 4.69) is 9.72 Å². The molecule has 6 heteroatoms. The second-order valence-electron chi connectivity index (χ2n) is 4.89. The Hall–Kier alpha value is -3.15. The predicted molar refractivity (Wildman–Crippen MR) is 83.1 cm³/mol. The van der Waals surface area contributed by atoms with Gasteiger partial charge in [-0.25, -0.2) is 9.59 Å². The van der Waals surface area contributed by atoms with Gasteiger partial charge in [0.25, 0.3) is 0 Å². The van der Waals surface area contributed by atoms with Gasteiger partial charge in [-0.3, -0.25) is 9.55 Å². The fourth-order valence-corrected chi connectivity index (χ4v) is 2.15. The van der Waals surface area contributed by atoms with E-state index in [1.165, 1.54) is 17.9 Å². The lowest BCUT2D eigenvalue weighted by atomic mass is 10.2. The zero-order valence-electron chi connectivity index (χ0n) is 12.4. The molecule has 0 aliphatic carbocycles. The van der Waals surface area contributed by atoms with Crippen molar-refractivity contribution in [3.63, 3.8) is 0 Å². The number of esters is 1. The summed E-state index contributed by atoms with van der Waals surface area (Å²) < 4.78 is 11.3. The Balaban J connectivity index is 1.82. The molecule has 0 atom stereocenters. The van der Waals surface area contributed by atoms with Crippen molar-refractivity contribution in [1.82, 2.24) is 9.55 Å². The van der Waals surface area contributed by atoms with E-state index in [0.29, 0.717) is 17.0 Å². The minimum Gasteiger partial charge on any atom is -0.465 e. The number of benzene rings is 1. The van der Waals surface area contributed by atoms with Crippen molar-refractivity contribution in [2.24, 2.45) is 0 Å². The highest BCUT2D eigenvalue weighted by atomic mass is 16.5. The van der Waals surface area contributed by atoms with E-state index >= 15 is 0 Å². The number of carbonyl (C=O) groups is 1. The number of pyridine rings is 1. The van der Waals surface area contributed by atoms with Gasteiger partial charge in [0.1, 0.15) is 0 Å². The van der Waals surface area contributed by atoms with Crippen molar-refractivity contribution in [3.05, 3.63) is 76.7 Å². The van der Waals surface area contributed by atoms with Crippen molar-refractivity contribution in [2.45, 2.75) is 6.54 Å². The highest BCUT2D eigenvalue weighted by Crippen LogP contribution is 2.17. The summed E-state index contributed by atoms with van der Waals surface area (Å²) in [5.41, 5.74) is 1.83. The van der Waals surface area contributed by atoms with Crippen LogP contribution < -0.4 is 5.76 Å². The van der Waals surface area contributed by atoms with Gasteiger partial charge in [-0.15, -0.1) is 0 Å². The summed E-state index contributed by atoms with van der Waals surface area (Å²) in [5, 5.41) is 0. The lowest BCUT2D eigenvalue weighted by Gasteiger charge is -2.02. The van der Waals surface area contributed by atoms with Gasteiger partial charge in [-0.1, -0.05) is 30.3 Å². The van der Waals surface area contributed by atoms with Crippen LogP contribution in [0.1, 0.15) is 16.1 Å². The number of rotatable bonds is 4. The molecule has 0 fully saturated rings. The Bertz CT molecular complexity index is 864. The smallest absolute Gasteiger partial charge is 0.419 e. The number of hydrogen-bond acceptors (Lipinski definition) is 5. The second kappa shape index (κ2) is 6.31. The van der Waals surface area contributed by atoms with E-state index in [1.807, 2.05) is 30.3 Å².